The second-order valence-corrected chi connectivity index (χ2v) is 4.46. The Labute approximate surface area is 118 Å². The molecule has 2 N–H and O–H groups in total. The van der Waals surface area contributed by atoms with Gasteiger partial charge in [-0.25, -0.2) is 0 Å². The molecule has 20 heavy (non-hydrogen) atoms. The summed E-state index contributed by atoms with van der Waals surface area (Å²) in [6.45, 7) is 2.19. The van der Waals surface area contributed by atoms with Gasteiger partial charge in [0.15, 0.2) is 0 Å². The zero-order chi connectivity index (χ0) is 14.4. The zero-order valence-corrected chi connectivity index (χ0v) is 11.2. The maximum absolute atomic E-state index is 11.8. The molecule has 0 heterocycles. The quantitative estimate of drug-likeness (QED) is 0.893. The molecule has 0 aliphatic carbocycles. The molecule has 4 heteroatoms. The highest BCUT2D eigenvalue weighted by molar-refractivity contribution is 5.93. The summed E-state index contributed by atoms with van der Waals surface area (Å²) in [4.78, 5) is 11.8. The Bertz CT molecular complexity index is 642. The van der Waals surface area contributed by atoms with Crippen molar-refractivity contribution in [1.82, 2.24) is 0 Å². The Morgan fingerprint density at radius 3 is 2.60 bits per heavy atom. The number of nitrogens with one attached hydrogen (secondary N) is 2. The molecule has 0 spiro atoms. The Balaban J connectivity index is 1.89. The van der Waals surface area contributed by atoms with E-state index < -0.39 is 0 Å². The van der Waals surface area contributed by atoms with Crippen LogP contribution in [0, 0.1) is 18.3 Å². The van der Waals surface area contributed by atoms with Crippen molar-refractivity contribution in [3.05, 3.63) is 59.7 Å². The van der Waals surface area contributed by atoms with Crippen LogP contribution in [0.3, 0.4) is 0 Å². The van der Waals surface area contributed by atoms with Gasteiger partial charge in [-0.15, -0.1) is 0 Å². The first-order chi connectivity index (χ1) is 9.67. The van der Waals surface area contributed by atoms with Crippen LogP contribution in [-0.2, 0) is 4.79 Å². The van der Waals surface area contributed by atoms with Crippen LogP contribution < -0.4 is 10.6 Å². The molecule has 0 aliphatic heterocycles. The lowest BCUT2D eigenvalue weighted by atomic mass is 10.2. The number of rotatable bonds is 4. The fourth-order valence-electron chi connectivity index (χ4n) is 1.73. The normalized spacial score (nSPS) is 9.60. The summed E-state index contributed by atoms with van der Waals surface area (Å²) in [5, 5.41) is 14.6. The van der Waals surface area contributed by atoms with Crippen LogP contribution in [0.25, 0.3) is 0 Å². The molecule has 0 saturated carbocycles. The van der Waals surface area contributed by atoms with E-state index in [-0.39, 0.29) is 12.5 Å². The average Bonchev–Trinajstić information content (AvgIpc) is 2.47. The number of carbonyl (C=O) groups excluding carboxylic acids is 1. The molecular weight excluding hydrogens is 250 g/mol. The number of aryl methyl sites for hydroxylation is 1. The van der Waals surface area contributed by atoms with Gasteiger partial charge in [0.1, 0.15) is 0 Å². The fourth-order valence-corrected chi connectivity index (χ4v) is 1.73. The van der Waals surface area contributed by atoms with Gasteiger partial charge >= 0.3 is 0 Å². The molecule has 2 aromatic carbocycles. The number of amides is 1. The largest absolute Gasteiger partial charge is 0.376 e. The number of hydrogen-bond donors (Lipinski definition) is 2. The molecule has 0 aromatic heterocycles. The van der Waals surface area contributed by atoms with E-state index in [0.717, 1.165) is 5.69 Å². The summed E-state index contributed by atoms with van der Waals surface area (Å²) in [6.07, 6.45) is 0. The van der Waals surface area contributed by atoms with Crippen LogP contribution in [0.2, 0.25) is 0 Å². The third-order valence-electron chi connectivity index (χ3n) is 2.78. The Kier molecular flexibility index (Phi) is 4.35. The van der Waals surface area contributed by atoms with Crippen LogP contribution in [0.1, 0.15) is 11.1 Å². The summed E-state index contributed by atoms with van der Waals surface area (Å²) >= 11 is 0. The Morgan fingerprint density at radius 2 is 1.90 bits per heavy atom. The molecule has 0 unspecified atom stereocenters. The van der Waals surface area contributed by atoms with Gasteiger partial charge in [-0.1, -0.05) is 23.8 Å². The second kappa shape index (κ2) is 6.39. The molecule has 2 rings (SSSR count). The maximum atomic E-state index is 11.8. The molecule has 2 aromatic rings. The van der Waals surface area contributed by atoms with E-state index in [9.17, 15) is 4.79 Å². The van der Waals surface area contributed by atoms with Gasteiger partial charge in [0.2, 0.25) is 5.91 Å². The van der Waals surface area contributed by atoms with E-state index in [1.54, 1.807) is 24.3 Å². The number of nitrogens with zero attached hydrogens (tertiary/aromatic N) is 1. The minimum atomic E-state index is -0.152. The summed E-state index contributed by atoms with van der Waals surface area (Å²) in [5.41, 5.74) is 3.22. The van der Waals surface area contributed by atoms with Crippen molar-refractivity contribution in [2.45, 2.75) is 6.92 Å². The average molecular weight is 265 g/mol. The van der Waals surface area contributed by atoms with Gasteiger partial charge in [-0.3, -0.25) is 4.79 Å². The number of carbonyl (C=O) groups is 1. The smallest absolute Gasteiger partial charge is 0.243 e. The minimum Gasteiger partial charge on any atom is -0.376 e. The van der Waals surface area contributed by atoms with Crippen LogP contribution in [0.5, 0.6) is 0 Å². The number of nitriles is 1. The van der Waals surface area contributed by atoms with Gasteiger partial charge in [0.25, 0.3) is 0 Å². The van der Waals surface area contributed by atoms with Gasteiger partial charge in [-0.05, 0) is 37.3 Å². The monoisotopic (exact) mass is 265 g/mol. The van der Waals surface area contributed by atoms with Crippen molar-refractivity contribution in [3.63, 3.8) is 0 Å². The van der Waals surface area contributed by atoms with Crippen LogP contribution in [0.4, 0.5) is 11.4 Å². The highest BCUT2D eigenvalue weighted by Gasteiger charge is 2.02. The first-order valence-corrected chi connectivity index (χ1v) is 6.28. The summed E-state index contributed by atoms with van der Waals surface area (Å²) in [6, 6.07) is 16.7. The van der Waals surface area contributed by atoms with E-state index in [1.807, 2.05) is 37.3 Å². The van der Waals surface area contributed by atoms with Gasteiger partial charge in [0.05, 0.1) is 18.2 Å². The fraction of sp³-hybridized carbons (Fsp3) is 0.125. The van der Waals surface area contributed by atoms with Crippen molar-refractivity contribution < 1.29 is 4.79 Å². The minimum absolute atomic E-state index is 0.152. The van der Waals surface area contributed by atoms with Gasteiger partial charge in [-0.2, -0.15) is 5.26 Å². The lowest BCUT2D eigenvalue weighted by Crippen LogP contribution is -2.21. The molecule has 1 amide bonds. The predicted octanol–water partition coefficient (Wildman–Crippen LogP) is 2.92. The molecular formula is C16H15N3O. The highest BCUT2D eigenvalue weighted by Crippen LogP contribution is 2.10. The third-order valence-corrected chi connectivity index (χ3v) is 2.78. The molecule has 0 radical (unpaired) electrons. The predicted molar refractivity (Wildman–Crippen MR) is 79.5 cm³/mol. The van der Waals surface area contributed by atoms with Crippen LogP contribution >= 0.6 is 0 Å². The maximum Gasteiger partial charge on any atom is 0.243 e. The van der Waals surface area contributed by atoms with E-state index in [2.05, 4.69) is 10.6 Å². The van der Waals surface area contributed by atoms with Gasteiger partial charge < -0.3 is 10.6 Å². The number of benzene rings is 2. The lowest BCUT2D eigenvalue weighted by Gasteiger charge is -2.08. The lowest BCUT2D eigenvalue weighted by molar-refractivity contribution is -0.114. The molecule has 4 nitrogen and oxygen atoms in total. The van der Waals surface area contributed by atoms with Gasteiger partial charge in [0, 0.05) is 11.4 Å². The van der Waals surface area contributed by atoms with Crippen LogP contribution in [0.15, 0.2) is 48.5 Å². The summed E-state index contributed by atoms with van der Waals surface area (Å²) in [7, 11) is 0. The number of hydrogen-bond acceptors (Lipinski definition) is 3. The summed E-state index contributed by atoms with van der Waals surface area (Å²) in [5.74, 6) is -0.152. The van der Waals surface area contributed by atoms with E-state index in [4.69, 9.17) is 5.26 Å². The molecule has 100 valence electrons. The van der Waals surface area contributed by atoms with Crippen molar-refractivity contribution >= 4 is 17.3 Å². The first-order valence-electron chi connectivity index (χ1n) is 6.28. The van der Waals surface area contributed by atoms with E-state index in [1.165, 1.54) is 5.56 Å². The third kappa shape index (κ3) is 3.85. The first kappa shape index (κ1) is 13.6. The highest BCUT2D eigenvalue weighted by atomic mass is 16.1. The Hall–Kier alpha value is -2.80. The van der Waals surface area contributed by atoms with E-state index in [0.29, 0.717) is 11.3 Å². The molecule has 0 aliphatic rings. The molecule has 0 fully saturated rings. The standard InChI is InChI=1S/C16H15N3O/c1-12-5-7-14(8-6-12)18-11-16(20)19-15-4-2-3-13(9-15)10-17/h2-9,18H,11H2,1H3,(H,19,20). The van der Waals surface area contributed by atoms with Crippen molar-refractivity contribution in [3.8, 4) is 6.07 Å². The zero-order valence-electron chi connectivity index (χ0n) is 11.2. The molecule has 0 atom stereocenters. The SMILES string of the molecule is Cc1ccc(NCC(=O)Nc2cccc(C#N)c2)cc1. The molecule has 0 bridgehead atoms. The topological polar surface area (TPSA) is 64.9 Å². The van der Waals surface area contributed by atoms with Crippen molar-refractivity contribution in [2.75, 3.05) is 17.2 Å². The van der Waals surface area contributed by atoms with Crippen LogP contribution in [-0.4, -0.2) is 12.5 Å². The Morgan fingerprint density at radius 1 is 1.15 bits per heavy atom. The summed E-state index contributed by atoms with van der Waals surface area (Å²) < 4.78 is 0. The second-order valence-electron chi connectivity index (χ2n) is 4.46. The molecule has 0 saturated heterocycles. The van der Waals surface area contributed by atoms with Crippen molar-refractivity contribution in [2.24, 2.45) is 0 Å². The van der Waals surface area contributed by atoms with Crippen molar-refractivity contribution in [1.29, 1.82) is 5.26 Å². The van der Waals surface area contributed by atoms with E-state index >= 15 is 0 Å². The number of anilines is 2.